The van der Waals surface area contributed by atoms with Crippen LogP contribution in [0.5, 0.6) is 0 Å². The molecule has 0 aliphatic heterocycles. The number of nitrogen functional groups attached to an aromatic ring is 1. The fourth-order valence-corrected chi connectivity index (χ4v) is 2.82. The number of carbonyl (C=O) groups is 1. The van der Waals surface area contributed by atoms with Crippen molar-refractivity contribution in [3.63, 3.8) is 0 Å². The molecule has 0 saturated carbocycles. The minimum absolute atomic E-state index is 0.0720. The predicted molar refractivity (Wildman–Crippen MR) is 87.4 cm³/mol. The number of amides is 1. The molecule has 1 aromatic heterocycles. The molecule has 2 rings (SSSR count). The number of hydrogen-bond acceptors (Lipinski definition) is 4. The van der Waals surface area contributed by atoms with Gasteiger partial charge in [-0.25, -0.2) is 4.98 Å². The molecule has 3 N–H and O–H groups in total. The number of nitrogens with two attached hydrogens (primary N) is 1. The van der Waals surface area contributed by atoms with E-state index in [1.54, 1.807) is 17.5 Å². The normalized spacial score (nSPS) is 13.6. The Labute approximate surface area is 129 Å². The topological polar surface area (TPSA) is 68.0 Å². The van der Waals surface area contributed by atoms with E-state index < -0.39 is 0 Å². The van der Waals surface area contributed by atoms with Crippen molar-refractivity contribution in [2.24, 2.45) is 0 Å². The summed E-state index contributed by atoms with van der Waals surface area (Å²) in [5, 5.41) is 6.00. The zero-order valence-corrected chi connectivity index (χ0v) is 13.2. The van der Waals surface area contributed by atoms with E-state index >= 15 is 0 Å². The second-order valence-corrected chi connectivity index (χ2v) is 6.27. The van der Waals surface area contributed by atoms with Crippen LogP contribution in [0.15, 0.2) is 35.8 Å². The molecule has 5 heteroatoms. The minimum atomic E-state index is 0.0720. The summed E-state index contributed by atoms with van der Waals surface area (Å²) in [7, 11) is 0. The Kier molecular flexibility index (Phi) is 5.33. The maximum atomic E-state index is 12.0. The first kappa shape index (κ1) is 15.5. The van der Waals surface area contributed by atoms with Gasteiger partial charge in [0.15, 0.2) is 0 Å². The van der Waals surface area contributed by atoms with Gasteiger partial charge in [0.2, 0.25) is 5.91 Å². The molecule has 0 spiro atoms. The molecule has 2 unspecified atom stereocenters. The van der Waals surface area contributed by atoms with Gasteiger partial charge in [-0.1, -0.05) is 26.0 Å². The van der Waals surface area contributed by atoms with Crippen molar-refractivity contribution in [1.29, 1.82) is 0 Å². The first-order valence-corrected chi connectivity index (χ1v) is 7.95. The van der Waals surface area contributed by atoms with Crippen molar-refractivity contribution >= 4 is 22.9 Å². The summed E-state index contributed by atoms with van der Waals surface area (Å²) in [6, 6.07) is 7.69. The molecule has 0 aliphatic carbocycles. The maximum absolute atomic E-state index is 12.0. The Balaban J connectivity index is 1.80. The third-order valence-electron chi connectivity index (χ3n) is 3.48. The fourth-order valence-electron chi connectivity index (χ4n) is 2.12. The van der Waals surface area contributed by atoms with Crippen LogP contribution in [0.4, 0.5) is 5.69 Å². The van der Waals surface area contributed by atoms with Crippen LogP contribution in [0.2, 0.25) is 0 Å². The van der Waals surface area contributed by atoms with Crippen LogP contribution in [0.3, 0.4) is 0 Å². The number of nitrogens with one attached hydrogen (secondary N) is 1. The highest BCUT2D eigenvalue weighted by atomic mass is 32.1. The average molecular weight is 303 g/mol. The number of aromatic nitrogens is 1. The van der Waals surface area contributed by atoms with Gasteiger partial charge < -0.3 is 11.1 Å². The van der Waals surface area contributed by atoms with Crippen LogP contribution < -0.4 is 11.1 Å². The number of anilines is 1. The third kappa shape index (κ3) is 4.56. The molecular formula is C16H21N3OS. The number of rotatable bonds is 6. The molecule has 1 aromatic carbocycles. The quantitative estimate of drug-likeness (QED) is 0.806. The van der Waals surface area contributed by atoms with E-state index in [2.05, 4.69) is 24.1 Å². The number of hydrogen-bond donors (Lipinski definition) is 2. The van der Waals surface area contributed by atoms with E-state index in [9.17, 15) is 4.79 Å². The summed E-state index contributed by atoms with van der Waals surface area (Å²) in [6.07, 6.45) is 2.27. The highest BCUT2D eigenvalue weighted by Crippen LogP contribution is 2.20. The van der Waals surface area contributed by atoms with E-state index in [1.807, 2.05) is 29.6 Å². The molecule has 1 amide bonds. The van der Waals surface area contributed by atoms with Crippen molar-refractivity contribution in [3.8, 4) is 0 Å². The lowest BCUT2D eigenvalue weighted by molar-refractivity contribution is -0.121. The van der Waals surface area contributed by atoms with E-state index in [1.165, 1.54) is 0 Å². The summed E-state index contributed by atoms with van der Waals surface area (Å²) in [6.45, 7) is 4.75. The Morgan fingerprint density at radius 1 is 1.29 bits per heavy atom. The van der Waals surface area contributed by atoms with Gasteiger partial charge in [-0.15, -0.1) is 11.3 Å². The summed E-state index contributed by atoms with van der Waals surface area (Å²) in [4.78, 5) is 16.3. The smallest absolute Gasteiger partial charge is 0.220 e. The van der Waals surface area contributed by atoms with Gasteiger partial charge in [0, 0.05) is 36.1 Å². The van der Waals surface area contributed by atoms with Crippen LogP contribution in [-0.4, -0.2) is 17.4 Å². The lowest BCUT2D eigenvalue weighted by Crippen LogP contribution is -2.28. The van der Waals surface area contributed by atoms with Gasteiger partial charge >= 0.3 is 0 Å². The zero-order valence-electron chi connectivity index (χ0n) is 12.4. The molecule has 0 bridgehead atoms. The standard InChI is InChI=1S/C16H21N3OS/c1-11(13-3-5-14(17)6-4-13)9-15(20)19-10-12(2)16-18-7-8-21-16/h3-8,11-12H,9-10,17H2,1-2H3,(H,19,20). The second-order valence-electron chi connectivity index (χ2n) is 5.35. The van der Waals surface area contributed by atoms with Crippen molar-refractivity contribution in [2.75, 3.05) is 12.3 Å². The summed E-state index contributed by atoms with van der Waals surface area (Å²) >= 11 is 1.62. The van der Waals surface area contributed by atoms with Crippen LogP contribution in [0.25, 0.3) is 0 Å². The molecule has 0 aliphatic rings. The highest BCUT2D eigenvalue weighted by molar-refractivity contribution is 7.09. The molecule has 4 nitrogen and oxygen atoms in total. The Hall–Kier alpha value is -1.88. The van der Waals surface area contributed by atoms with Crippen molar-refractivity contribution < 1.29 is 4.79 Å². The van der Waals surface area contributed by atoms with E-state index in [-0.39, 0.29) is 17.7 Å². The Bertz CT molecular complexity index is 566. The summed E-state index contributed by atoms with van der Waals surface area (Å²) < 4.78 is 0. The maximum Gasteiger partial charge on any atom is 0.220 e. The van der Waals surface area contributed by atoms with Crippen LogP contribution in [-0.2, 0) is 4.79 Å². The molecule has 2 aromatic rings. The fraction of sp³-hybridized carbons (Fsp3) is 0.375. The van der Waals surface area contributed by atoms with E-state index in [0.29, 0.717) is 13.0 Å². The largest absolute Gasteiger partial charge is 0.399 e. The minimum Gasteiger partial charge on any atom is -0.399 e. The first-order chi connectivity index (χ1) is 10.1. The van der Waals surface area contributed by atoms with Crippen molar-refractivity contribution in [3.05, 3.63) is 46.4 Å². The molecule has 0 fully saturated rings. The zero-order chi connectivity index (χ0) is 15.2. The number of thiazole rings is 1. The Morgan fingerprint density at radius 3 is 2.62 bits per heavy atom. The predicted octanol–water partition coefficient (Wildman–Crippen LogP) is 3.14. The number of nitrogens with zero attached hydrogens (tertiary/aromatic N) is 1. The van der Waals surface area contributed by atoms with E-state index in [4.69, 9.17) is 5.73 Å². The van der Waals surface area contributed by atoms with Gasteiger partial charge in [-0.3, -0.25) is 4.79 Å². The van der Waals surface area contributed by atoms with Gasteiger partial charge in [-0.05, 0) is 23.6 Å². The van der Waals surface area contributed by atoms with Crippen molar-refractivity contribution in [1.82, 2.24) is 10.3 Å². The molecule has 0 radical (unpaired) electrons. The molecule has 0 saturated heterocycles. The highest BCUT2D eigenvalue weighted by Gasteiger charge is 2.13. The SMILES string of the molecule is CC(CC(=O)NCC(C)c1nccs1)c1ccc(N)cc1. The van der Waals surface area contributed by atoms with Gasteiger partial charge in [-0.2, -0.15) is 0 Å². The molecule has 112 valence electrons. The first-order valence-electron chi connectivity index (χ1n) is 7.07. The Morgan fingerprint density at radius 2 is 2.00 bits per heavy atom. The van der Waals surface area contributed by atoms with Crippen LogP contribution in [0, 0.1) is 0 Å². The van der Waals surface area contributed by atoms with E-state index in [0.717, 1.165) is 16.3 Å². The monoisotopic (exact) mass is 303 g/mol. The number of benzene rings is 1. The van der Waals surface area contributed by atoms with Crippen molar-refractivity contribution in [2.45, 2.75) is 32.1 Å². The second kappa shape index (κ2) is 7.22. The number of carbonyl (C=O) groups excluding carboxylic acids is 1. The summed E-state index contributed by atoms with van der Waals surface area (Å²) in [5.74, 6) is 0.504. The molecule has 1 heterocycles. The van der Waals surface area contributed by atoms with Crippen LogP contribution >= 0.6 is 11.3 Å². The average Bonchev–Trinajstić information content (AvgIpc) is 2.99. The lowest BCUT2D eigenvalue weighted by Gasteiger charge is -2.14. The summed E-state index contributed by atoms with van der Waals surface area (Å²) in [5.41, 5.74) is 7.55. The van der Waals surface area contributed by atoms with Gasteiger partial charge in [0.05, 0.1) is 5.01 Å². The molecule has 21 heavy (non-hydrogen) atoms. The lowest BCUT2D eigenvalue weighted by atomic mass is 9.97. The molecular weight excluding hydrogens is 282 g/mol. The molecule has 2 atom stereocenters. The van der Waals surface area contributed by atoms with Gasteiger partial charge in [0.1, 0.15) is 0 Å². The van der Waals surface area contributed by atoms with Crippen LogP contribution in [0.1, 0.15) is 42.7 Å². The third-order valence-corrected chi connectivity index (χ3v) is 4.48. The van der Waals surface area contributed by atoms with Gasteiger partial charge in [0.25, 0.3) is 0 Å².